The maximum Gasteiger partial charge on any atom is 0.0136 e. The second-order valence-electron chi connectivity index (χ2n) is 3.01. The summed E-state index contributed by atoms with van der Waals surface area (Å²) >= 11 is 0. The van der Waals surface area contributed by atoms with Crippen molar-refractivity contribution in [3.8, 4) is 0 Å². The van der Waals surface area contributed by atoms with Crippen LogP contribution in [-0.2, 0) is 0 Å². The number of rotatable bonds is 3. The number of hydrogen-bond acceptors (Lipinski definition) is 1. The van der Waals surface area contributed by atoms with E-state index in [1.54, 1.807) is 0 Å². The molecule has 1 rings (SSSR count). The Hall–Kier alpha value is -0.0800. The lowest BCUT2D eigenvalue weighted by Crippen LogP contribution is -2.24. The number of piperidine rings is 1. The summed E-state index contributed by atoms with van der Waals surface area (Å²) in [4.78, 5) is 0. The minimum Gasteiger partial charge on any atom is -0.320 e. The molecule has 0 saturated carbocycles. The molecular weight excluding hydrogens is 124 g/mol. The van der Waals surface area contributed by atoms with Gasteiger partial charge in [-0.2, -0.15) is 0 Å². The first-order chi connectivity index (χ1) is 4.93. The van der Waals surface area contributed by atoms with E-state index in [9.17, 15) is 0 Å². The number of nitrogens with zero attached hydrogens (tertiary/aromatic N) is 1. The maximum atomic E-state index is 4.31. The smallest absolute Gasteiger partial charge is 0.0136 e. The highest BCUT2D eigenvalue weighted by Crippen LogP contribution is 2.15. The molecule has 0 unspecified atom stereocenters. The van der Waals surface area contributed by atoms with Crippen molar-refractivity contribution in [1.29, 1.82) is 0 Å². The maximum absolute atomic E-state index is 4.31. The van der Waals surface area contributed by atoms with Crippen molar-refractivity contribution in [1.82, 2.24) is 10.6 Å². The summed E-state index contributed by atoms with van der Waals surface area (Å²) in [5.41, 5.74) is 0. The van der Waals surface area contributed by atoms with Crippen molar-refractivity contribution in [3.63, 3.8) is 0 Å². The fraction of sp³-hybridized carbons (Fsp3) is 1.00. The standard InChI is InChI=1S/C8H17N2/c1-9-5-2-8-3-6-10-7-4-8/h8-9H,2-7H2,1H3. The lowest BCUT2D eigenvalue weighted by Gasteiger charge is -2.20. The molecule has 1 heterocycles. The Balaban J connectivity index is 2.02. The van der Waals surface area contributed by atoms with Crippen molar-refractivity contribution in [2.24, 2.45) is 5.92 Å². The molecule has 2 nitrogen and oxygen atoms in total. The first-order valence-corrected chi connectivity index (χ1v) is 4.21. The summed E-state index contributed by atoms with van der Waals surface area (Å²) in [7, 11) is 2.02. The van der Waals surface area contributed by atoms with Gasteiger partial charge in [-0.25, -0.2) is 5.32 Å². The highest BCUT2D eigenvalue weighted by Gasteiger charge is 2.11. The van der Waals surface area contributed by atoms with Gasteiger partial charge in [0.15, 0.2) is 0 Å². The Bertz CT molecular complexity index is 77.3. The second kappa shape index (κ2) is 4.69. The zero-order chi connectivity index (χ0) is 7.23. The summed E-state index contributed by atoms with van der Waals surface area (Å²) < 4.78 is 0. The quantitative estimate of drug-likeness (QED) is 0.612. The van der Waals surface area contributed by atoms with Crippen LogP contribution in [0.1, 0.15) is 19.3 Å². The van der Waals surface area contributed by atoms with E-state index < -0.39 is 0 Å². The Morgan fingerprint density at radius 3 is 2.70 bits per heavy atom. The van der Waals surface area contributed by atoms with Gasteiger partial charge in [-0.05, 0) is 38.8 Å². The zero-order valence-corrected chi connectivity index (χ0v) is 6.77. The highest BCUT2D eigenvalue weighted by molar-refractivity contribution is 4.68. The van der Waals surface area contributed by atoms with Gasteiger partial charge in [-0.15, -0.1) is 0 Å². The molecule has 1 saturated heterocycles. The van der Waals surface area contributed by atoms with Crippen molar-refractivity contribution in [2.75, 3.05) is 26.7 Å². The van der Waals surface area contributed by atoms with Crippen molar-refractivity contribution < 1.29 is 0 Å². The first kappa shape index (κ1) is 8.02. The van der Waals surface area contributed by atoms with Gasteiger partial charge >= 0.3 is 0 Å². The van der Waals surface area contributed by atoms with Gasteiger partial charge < -0.3 is 5.32 Å². The van der Waals surface area contributed by atoms with Crippen LogP contribution in [0.2, 0.25) is 0 Å². The molecule has 10 heavy (non-hydrogen) atoms. The Morgan fingerprint density at radius 1 is 1.40 bits per heavy atom. The number of hydrogen-bond donors (Lipinski definition) is 1. The Labute approximate surface area is 63.4 Å². The molecule has 1 aliphatic heterocycles. The van der Waals surface area contributed by atoms with E-state index in [1.807, 2.05) is 7.05 Å². The first-order valence-electron chi connectivity index (χ1n) is 4.21. The molecule has 0 aromatic rings. The molecule has 1 fully saturated rings. The van der Waals surface area contributed by atoms with Crippen LogP contribution in [0.15, 0.2) is 0 Å². The lowest BCUT2D eigenvalue weighted by atomic mass is 9.95. The SMILES string of the molecule is CNCCC1CC[N]CC1. The van der Waals surface area contributed by atoms with Gasteiger partial charge in [0, 0.05) is 13.1 Å². The molecule has 1 N–H and O–H groups in total. The van der Waals surface area contributed by atoms with Crippen LogP contribution < -0.4 is 10.6 Å². The largest absolute Gasteiger partial charge is 0.320 e. The van der Waals surface area contributed by atoms with Crippen LogP contribution in [-0.4, -0.2) is 26.7 Å². The monoisotopic (exact) mass is 141 g/mol. The van der Waals surface area contributed by atoms with Gasteiger partial charge in [-0.1, -0.05) is 0 Å². The van der Waals surface area contributed by atoms with E-state index in [0.29, 0.717) is 0 Å². The van der Waals surface area contributed by atoms with Crippen molar-refractivity contribution in [3.05, 3.63) is 0 Å². The highest BCUT2D eigenvalue weighted by atomic mass is 14.9. The van der Waals surface area contributed by atoms with Gasteiger partial charge in [0.05, 0.1) is 0 Å². The predicted molar refractivity (Wildman–Crippen MR) is 43.1 cm³/mol. The summed E-state index contributed by atoms with van der Waals surface area (Å²) in [6, 6.07) is 0. The molecule has 0 aromatic carbocycles. The Kier molecular flexibility index (Phi) is 3.76. The van der Waals surface area contributed by atoms with Gasteiger partial charge in [0.2, 0.25) is 0 Å². The summed E-state index contributed by atoms with van der Waals surface area (Å²) in [5, 5.41) is 7.50. The molecule has 0 amide bonds. The molecular formula is C8H17N2. The molecule has 2 heteroatoms. The van der Waals surface area contributed by atoms with Crippen LogP contribution in [0.4, 0.5) is 0 Å². The van der Waals surface area contributed by atoms with Crippen LogP contribution in [0, 0.1) is 5.92 Å². The fourth-order valence-electron chi connectivity index (χ4n) is 1.44. The minimum atomic E-state index is 0.949. The topological polar surface area (TPSA) is 26.1 Å². The average molecular weight is 141 g/mol. The molecule has 0 bridgehead atoms. The zero-order valence-electron chi connectivity index (χ0n) is 6.77. The summed E-state index contributed by atoms with van der Waals surface area (Å²) in [5.74, 6) is 0.949. The van der Waals surface area contributed by atoms with E-state index in [0.717, 1.165) is 19.0 Å². The van der Waals surface area contributed by atoms with E-state index >= 15 is 0 Å². The van der Waals surface area contributed by atoms with Crippen LogP contribution >= 0.6 is 0 Å². The molecule has 1 aliphatic rings. The van der Waals surface area contributed by atoms with Crippen molar-refractivity contribution in [2.45, 2.75) is 19.3 Å². The van der Waals surface area contributed by atoms with E-state index in [1.165, 1.54) is 25.8 Å². The van der Waals surface area contributed by atoms with Gasteiger partial charge in [0.25, 0.3) is 0 Å². The number of nitrogens with one attached hydrogen (secondary N) is 1. The van der Waals surface area contributed by atoms with E-state index in [-0.39, 0.29) is 0 Å². The van der Waals surface area contributed by atoms with Crippen molar-refractivity contribution >= 4 is 0 Å². The van der Waals surface area contributed by atoms with Crippen LogP contribution in [0.25, 0.3) is 0 Å². The predicted octanol–water partition coefficient (Wildman–Crippen LogP) is 0.610. The molecule has 0 aliphatic carbocycles. The molecule has 59 valence electrons. The molecule has 1 radical (unpaired) electrons. The lowest BCUT2D eigenvalue weighted by molar-refractivity contribution is 0.347. The Morgan fingerprint density at radius 2 is 2.10 bits per heavy atom. The third-order valence-electron chi connectivity index (χ3n) is 2.19. The molecule has 0 atom stereocenters. The second-order valence-corrected chi connectivity index (χ2v) is 3.01. The summed E-state index contributed by atoms with van der Waals surface area (Å²) in [6.45, 7) is 3.38. The van der Waals surface area contributed by atoms with E-state index in [4.69, 9.17) is 0 Å². The summed E-state index contributed by atoms with van der Waals surface area (Å²) in [6.07, 6.45) is 3.98. The molecule has 0 spiro atoms. The van der Waals surface area contributed by atoms with Gasteiger partial charge in [0.1, 0.15) is 0 Å². The third-order valence-corrected chi connectivity index (χ3v) is 2.19. The average Bonchev–Trinajstić information content (AvgIpc) is 2.03. The van der Waals surface area contributed by atoms with E-state index in [2.05, 4.69) is 10.6 Å². The fourth-order valence-corrected chi connectivity index (χ4v) is 1.44. The normalized spacial score (nSPS) is 21.3. The third kappa shape index (κ3) is 2.67. The molecule has 0 aromatic heterocycles. The van der Waals surface area contributed by atoms with Crippen LogP contribution in [0.5, 0.6) is 0 Å². The van der Waals surface area contributed by atoms with Crippen LogP contribution in [0.3, 0.4) is 0 Å². The minimum absolute atomic E-state index is 0.949. The van der Waals surface area contributed by atoms with Gasteiger partial charge in [-0.3, -0.25) is 0 Å².